The largest absolute Gasteiger partial charge is 0.315 e. The van der Waals surface area contributed by atoms with E-state index in [1.54, 1.807) is 6.20 Å². The molecule has 2 heteroatoms. The maximum Gasteiger partial charge on any atom is 0.0616 e. The molecule has 0 atom stereocenters. The number of pyridine rings is 1. The Morgan fingerprint density at radius 2 is 2.42 bits per heavy atom. The highest BCUT2D eigenvalue weighted by atomic mass is 15.0. The molecule has 1 aliphatic rings. The first-order chi connectivity index (χ1) is 5.92. The van der Waals surface area contributed by atoms with Gasteiger partial charge < -0.3 is 5.32 Å². The van der Waals surface area contributed by atoms with Gasteiger partial charge in [0.05, 0.1) is 5.69 Å². The highest BCUT2D eigenvalue weighted by Gasteiger charge is 2.21. The zero-order valence-electron chi connectivity index (χ0n) is 6.75. The number of rotatable bonds is 1. The van der Waals surface area contributed by atoms with Gasteiger partial charge in [0.2, 0.25) is 0 Å². The lowest BCUT2D eigenvalue weighted by atomic mass is 9.95. The molecule has 0 aliphatic carbocycles. The molecule has 2 nitrogen and oxygen atoms in total. The molecular formula is C10H10N2. The van der Waals surface area contributed by atoms with Gasteiger partial charge in [-0.05, 0) is 12.1 Å². The van der Waals surface area contributed by atoms with Crippen LogP contribution in [0.2, 0.25) is 0 Å². The Hall–Kier alpha value is -1.33. The van der Waals surface area contributed by atoms with Crippen LogP contribution < -0.4 is 5.32 Å². The zero-order valence-corrected chi connectivity index (χ0v) is 6.75. The summed E-state index contributed by atoms with van der Waals surface area (Å²) in [4.78, 5) is 4.29. The number of terminal acetylenes is 1. The summed E-state index contributed by atoms with van der Waals surface area (Å²) in [5.41, 5.74) is 2.00. The summed E-state index contributed by atoms with van der Waals surface area (Å²) in [6.45, 7) is 2.01. The van der Waals surface area contributed by atoms with Crippen LogP contribution in [0.3, 0.4) is 0 Å². The van der Waals surface area contributed by atoms with Crippen LogP contribution in [0.5, 0.6) is 0 Å². The average molecular weight is 158 g/mol. The number of nitrogens with zero attached hydrogens (tertiary/aromatic N) is 1. The normalized spacial score (nSPS) is 16.6. The van der Waals surface area contributed by atoms with Gasteiger partial charge in [0.25, 0.3) is 0 Å². The van der Waals surface area contributed by atoms with Crippen LogP contribution in [0.1, 0.15) is 17.2 Å². The number of hydrogen-bond donors (Lipinski definition) is 1. The Bertz CT molecular complexity index is 321. The van der Waals surface area contributed by atoms with Gasteiger partial charge in [0.1, 0.15) is 0 Å². The summed E-state index contributed by atoms with van der Waals surface area (Å²) < 4.78 is 0. The first kappa shape index (κ1) is 7.33. The van der Waals surface area contributed by atoms with Gasteiger partial charge in [-0.1, -0.05) is 5.92 Å². The quantitative estimate of drug-likeness (QED) is 0.610. The zero-order chi connectivity index (χ0) is 8.39. The summed E-state index contributed by atoms with van der Waals surface area (Å²) in [6.07, 6.45) is 7.16. The number of hydrogen-bond acceptors (Lipinski definition) is 2. The lowest BCUT2D eigenvalue weighted by Gasteiger charge is -2.27. The average Bonchev–Trinajstić information content (AvgIpc) is 2.02. The molecule has 60 valence electrons. The van der Waals surface area contributed by atoms with Crippen LogP contribution in [0, 0.1) is 12.3 Å². The van der Waals surface area contributed by atoms with E-state index in [2.05, 4.69) is 16.2 Å². The molecule has 1 fully saturated rings. The van der Waals surface area contributed by atoms with Crippen molar-refractivity contribution in [2.75, 3.05) is 13.1 Å². The minimum absolute atomic E-state index is 0.525. The predicted molar refractivity (Wildman–Crippen MR) is 47.8 cm³/mol. The smallest absolute Gasteiger partial charge is 0.0616 e. The van der Waals surface area contributed by atoms with Crippen molar-refractivity contribution in [3.05, 3.63) is 29.6 Å². The molecule has 0 unspecified atom stereocenters. The summed E-state index contributed by atoms with van der Waals surface area (Å²) in [5.74, 6) is 3.18. The Labute approximate surface area is 72.0 Å². The van der Waals surface area contributed by atoms with E-state index in [1.165, 1.54) is 0 Å². The van der Waals surface area contributed by atoms with Gasteiger partial charge in [-0.25, -0.2) is 0 Å². The maximum absolute atomic E-state index is 5.36. The highest BCUT2D eigenvalue weighted by molar-refractivity contribution is 5.38. The standard InChI is InChI=1S/C10H10N2/c1-2-8-4-3-5-12-10(8)9-6-11-7-9/h1,3-5,9,11H,6-7H2. The second-order valence-electron chi connectivity index (χ2n) is 2.94. The van der Waals surface area contributed by atoms with Crippen molar-refractivity contribution >= 4 is 0 Å². The Morgan fingerprint density at radius 1 is 1.58 bits per heavy atom. The fraction of sp³-hybridized carbons (Fsp3) is 0.300. The third kappa shape index (κ3) is 1.09. The second kappa shape index (κ2) is 2.96. The first-order valence-corrected chi connectivity index (χ1v) is 4.04. The SMILES string of the molecule is C#Cc1cccnc1C1CNC1. The summed E-state index contributed by atoms with van der Waals surface area (Å²) in [6, 6.07) is 3.82. The molecule has 0 bridgehead atoms. The van der Waals surface area contributed by atoms with Crippen molar-refractivity contribution in [3.63, 3.8) is 0 Å². The van der Waals surface area contributed by atoms with Crippen molar-refractivity contribution in [2.45, 2.75) is 5.92 Å². The van der Waals surface area contributed by atoms with Crippen LogP contribution >= 0.6 is 0 Å². The molecule has 0 aromatic carbocycles. The first-order valence-electron chi connectivity index (χ1n) is 4.04. The topological polar surface area (TPSA) is 24.9 Å². The summed E-state index contributed by atoms with van der Waals surface area (Å²) >= 11 is 0. The lowest BCUT2D eigenvalue weighted by Crippen LogP contribution is -2.40. The molecule has 12 heavy (non-hydrogen) atoms. The van der Waals surface area contributed by atoms with E-state index in [0.29, 0.717) is 5.92 Å². The van der Waals surface area contributed by atoms with Crippen molar-refractivity contribution in [3.8, 4) is 12.3 Å². The number of aromatic nitrogens is 1. The lowest BCUT2D eigenvalue weighted by molar-refractivity contribution is 0.439. The molecule has 0 amide bonds. The van der Waals surface area contributed by atoms with Gasteiger partial charge in [0.15, 0.2) is 0 Å². The van der Waals surface area contributed by atoms with Crippen molar-refractivity contribution in [1.82, 2.24) is 10.3 Å². The fourth-order valence-corrected chi connectivity index (χ4v) is 1.35. The third-order valence-corrected chi connectivity index (χ3v) is 2.16. The Balaban J connectivity index is 2.35. The van der Waals surface area contributed by atoms with E-state index in [0.717, 1.165) is 24.3 Å². The van der Waals surface area contributed by atoms with Crippen molar-refractivity contribution < 1.29 is 0 Å². The molecule has 1 saturated heterocycles. The third-order valence-electron chi connectivity index (χ3n) is 2.16. The molecule has 1 N–H and O–H groups in total. The molecule has 0 saturated carbocycles. The molecule has 1 aromatic heterocycles. The van der Waals surface area contributed by atoms with E-state index in [4.69, 9.17) is 6.42 Å². The van der Waals surface area contributed by atoms with Gasteiger partial charge in [-0.2, -0.15) is 0 Å². The molecular weight excluding hydrogens is 148 g/mol. The molecule has 0 spiro atoms. The number of nitrogens with one attached hydrogen (secondary N) is 1. The minimum Gasteiger partial charge on any atom is -0.315 e. The van der Waals surface area contributed by atoms with Gasteiger partial charge in [0, 0.05) is 30.8 Å². The van der Waals surface area contributed by atoms with Crippen LogP contribution in [-0.4, -0.2) is 18.1 Å². The fourth-order valence-electron chi connectivity index (χ4n) is 1.35. The van der Waals surface area contributed by atoms with Gasteiger partial charge >= 0.3 is 0 Å². The summed E-state index contributed by atoms with van der Waals surface area (Å²) in [5, 5.41) is 3.20. The van der Waals surface area contributed by atoms with Gasteiger partial charge in [-0.3, -0.25) is 4.98 Å². The van der Waals surface area contributed by atoms with Crippen molar-refractivity contribution in [2.24, 2.45) is 0 Å². The van der Waals surface area contributed by atoms with Crippen LogP contribution in [0.15, 0.2) is 18.3 Å². The van der Waals surface area contributed by atoms with Crippen LogP contribution in [0.25, 0.3) is 0 Å². The molecule has 0 radical (unpaired) electrons. The highest BCUT2D eigenvalue weighted by Crippen LogP contribution is 2.20. The maximum atomic E-state index is 5.36. The van der Waals surface area contributed by atoms with Crippen LogP contribution in [0.4, 0.5) is 0 Å². The van der Waals surface area contributed by atoms with E-state index in [1.807, 2.05) is 12.1 Å². The predicted octanol–water partition coefficient (Wildman–Crippen LogP) is 0.750. The Morgan fingerprint density at radius 3 is 3.00 bits per heavy atom. The molecule has 1 aromatic rings. The Kier molecular flexibility index (Phi) is 1.81. The monoisotopic (exact) mass is 158 g/mol. The molecule has 2 rings (SSSR count). The van der Waals surface area contributed by atoms with E-state index in [9.17, 15) is 0 Å². The molecule has 1 aliphatic heterocycles. The van der Waals surface area contributed by atoms with Crippen LogP contribution in [-0.2, 0) is 0 Å². The van der Waals surface area contributed by atoms with Crippen molar-refractivity contribution in [1.29, 1.82) is 0 Å². The minimum atomic E-state index is 0.525. The summed E-state index contributed by atoms with van der Waals surface area (Å²) in [7, 11) is 0. The second-order valence-corrected chi connectivity index (χ2v) is 2.94. The van der Waals surface area contributed by atoms with E-state index < -0.39 is 0 Å². The van der Waals surface area contributed by atoms with E-state index in [-0.39, 0.29) is 0 Å². The van der Waals surface area contributed by atoms with E-state index >= 15 is 0 Å². The molecule has 2 heterocycles. The van der Waals surface area contributed by atoms with Gasteiger partial charge in [-0.15, -0.1) is 6.42 Å².